The molecule has 1 nitrogen and oxygen atoms in total. The average Bonchev–Trinajstić information content (AvgIpc) is 2.63. The van der Waals surface area contributed by atoms with Crippen LogP contribution in [0.1, 0.15) is 4.88 Å². The van der Waals surface area contributed by atoms with E-state index >= 15 is 0 Å². The van der Waals surface area contributed by atoms with Crippen molar-refractivity contribution < 1.29 is 4.74 Å². The van der Waals surface area contributed by atoms with E-state index in [0.717, 1.165) is 9.35 Å². The van der Waals surface area contributed by atoms with Crippen LogP contribution < -0.4 is 4.74 Å². The highest BCUT2D eigenvalue weighted by molar-refractivity contribution is 9.10. The van der Waals surface area contributed by atoms with Crippen LogP contribution in [0.3, 0.4) is 0 Å². The van der Waals surface area contributed by atoms with Crippen molar-refractivity contribution in [3.05, 3.63) is 49.0 Å². The smallest absolute Gasteiger partial charge is 0.138 e. The number of hydrogen-bond acceptors (Lipinski definition) is 2. The second-order valence-corrected chi connectivity index (χ2v) is 5.75. The summed E-state index contributed by atoms with van der Waals surface area (Å²) >= 11 is 16.9. The van der Waals surface area contributed by atoms with Gasteiger partial charge in [0.1, 0.15) is 12.4 Å². The van der Waals surface area contributed by atoms with E-state index in [2.05, 4.69) is 15.9 Å². The fraction of sp³-hybridized carbons (Fsp3) is 0.0909. The third kappa shape index (κ3) is 2.92. The normalized spacial score (nSPS) is 10.4. The van der Waals surface area contributed by atoms with Gasteiger partial charge < -0.3 is 4.74 Å². The van der Waals surface area contributed by atoms with Crippen molar-refractivity contribution in [1.82, 2.24) is 0 Å². The third-order valence-corrected chi connectivity index (χ3v) is 4.37. The number of rotatable bonds is 3. The van der Waals surface area contributed by atoms with E-state index < -0.39 is 0 Å². The molecule has 0 saturated heterocycles. The van der Waals surface area contributed by atoms with E-state index in [9.17, 15) is 0 Å². The summed E-state index contributed by atoms with van der Waals surface area (Å²) in [6.07, 6.45) is 0. The van der Waals surface area contributed by atoms with Crippen molar-refractivity contribution in [1.29, 1.82) is 0 Å². The summed E-state index contributed by atoms with van der Waals surface area (Å²) in [5, 5.41) is 3.14. The van der Waals surface area contributed by atoms with Crippen molar-refractivity contribution in [3.8, 4) is 5.75 Å². The standard InChI is InChI=1S/C11H7BrCl2OS/c12-8-3-4-16-11(8)6-15-10-2-1-7(13)5-9(10)14/h1-5H,6H2. The predicted molar refractivity (Wildman–Crippen MR) is 72.8 cm³/mol. The minimum absolute atomic E-state index is 0.500. The second-order valence-electron chi connectivity index (χ2n) is 3.06. The van der Waals surface area contributed by atoms with Gasteiger partial charge in [0.05, 0.1) is 9.90 Å². The fourth-order valence-corrected chi connectivity index (χ4v) is 3.00. The maximum absolute atomic E-state index is 5.99. The molecule has 2 rings (SSSR count). The van der Waals surface area contributed by atoms with Crippen LogP contribution in [0, 0.1) is 0 Å². The molecule has 0 unspecified atom stereocenters. The average molecular weight is 338 g/mol. The molecule has 0 N–H and O–H groups in total. The quantitative estimate of drug-likeness (QED) is 0.728. The number of halogens is 3. The van der Waals surface area contributed by atoms with Crippen LogP contribution in [0.2, 0.25) is 10.0 Å². The lowest BCUT2D eigenvalue weighted by Crippen LogP contribution is -1.94. The Labute approximate surface area is 116 Å². The molecule has 5 heteroatoms. The SMILES string of the molecule is Clc1ccc(OCc2sccc2Br)c(Cl)c1. The van der Waals surface area contributed by atoms with Crippen LogP contribution in [0.5, 0.6) is 5.75 Å². The van der Waals surface area contributed by atoms with Crippen LogP contribution in [-0.4, -0.2) is 0 Å². The Bertz CT molecular complexity index is 498. The van der Waals surface area contributed by atoms with Gasteiger partial charge in [-0.2, -0.15) is 0 Å². The first-order chi connectivity index (χ1) is 7.66. The molecular weight excluding hydrogens is 331 g/mol. The molecule has 0 fully saturated rings. The number of hydrogen-bond donors (Lipinski definition) is 0. The summed E-state index contributed by atoms with van der Waals surface area (Å²) in [7, 11) is 0. The maximum atomic E-state index is 5.99. The first kappa shape index (κ1) is 12.2. The Morgan fingerprint density at radius 1 is 1.25 bits per heavy atom. The first-order valence-corrected chi connectivity index (χ1v) is 6.89. The molecule has 16 heavy (non-hydrogen) atoms. The van der Waals surface area contributed by atoms with Gasteiger partial charge in [0.15, 0.2) is 0 Å². The van der Waals surface area contributed by atoms with E-state index in [-0.39, 0.29) is 0 Å². The Morgan fingerprint density at radius 3 is 2.69 bits per heavy atom. The third-order valence-electron chi connectivity index (χ3n) is 1.94. The molecule has 1 aromatic carbocycles. The van der Waals surface area contributed by atoms with Gasteiger partial charge in [-0.05, 0) is 45.6 Å². The van der Waals surface area contributed by atoms with Gasteiger partial charge in [0.2, 0.25) is 0 Å². The molecule has 0 bridgehead atoms. The zero-order chi connectivity index (χ0) is 11.5. The van der Waals surface area contributed by atoms with Gasteiger partial charge >= 0.3 is 0 Å². The van der Waals surface area contributed by atoms with Crippen molar-refractivity contribution in [2.24, 2.45) is 0 Å². The molecule has 0 saturated carbocycles. The minimum Gasteiger partial charge on any atom is -0.486 e. The molecule has 0 spiro atoms. The number of ether oxygens (including phenoxy) is 1. The summed E-state index contributed by atoms with van der Waals surface area (Å²) in [6, 6.07) is 7.19. The second kappa shape index (κ2) is 5.41. The Hall–Kier alpha value is -0.220. The first-order valence-electron chi connectivity index (χ1n) is 4.46. The highest BCUT2D eigenvalue weighted by Crippen LogP contribution is 2.30. The van der Waals surface area contributed by atoms with Crippen molar-refractivity contribution in [2.45, 2.75) is 6.61 Å². The zero-order valence-corrected chi connectivity index (χ0v) is 12.0. The summed E-state index contributed by atoms with van der Waals surface area (Å²) in [5.74, 6) is 0.645. The van der Waals surface area contributed by atoms with Crippen LogP contribution in [0.25, 0.3) is 0 Å². The van der Waals surface area contributed by atoms with E-state index in [1.807, 2.05) is 11.4 Å². The topological polar surface area (TPSA) is 9.23 Å². The Kier molecular flexibility index (Phi) is 4.14. The van der Waals surface area contributed by atoms with E-state index in [4.69, 9.17) is 27.9 Å². The Morgan fingerprint density at radius 2 is 2.06 bits per heavy atom. The lowest BCUT2D eigenvalue weighted by atomic mass is 10.3. The summed E-state index contributed by atoms with van der Waals surface area (Å²) in [4.78, 5) is 1.13. The molecule has 0 atom stereocenters. The van der Waals surface area contributed by atoms with Gasteiger partial charge in [-0.15, -0.1) is 11.3 Å². The van der Waals surface area contributed by atoms with Gasteiger partial charge in [-0.1, -0.05) is 23.2 Å². The monoisotopic (exact) mass is 336 g/mol. The van der Waals surface area contributed by atoms with Crippen LogP contribution in [0.4, 0.5) is 0 Å². The molecule has 0 radical (unpaired) electrons. The lowest BCUT2D eigenvalue weighted by molar-refractivity contribution is 0.309. The van der Waals surface area contributed by atoms with Gasteiger partial charge in [-0.3, -0.25) is 0 Å². The van der Waals surface area contributed by atoms with Crippen molar-refractivity contribution in [3.63, 3.8) is 0 Å². The lowest BCUT2D eigenvalue weighted by Gasteiger charge is -2.07. The minimum atomic E-state index is 0.500. The van der Waals surface area contributed by atoms with Crippen molar-refractivity contribution >= 4 is 50.5 Å². The maximum Gasteiger partial charge on any atom is 0.138 e. The highest BCUT2D eigenvalue weighted by atomic mass is 79.9. The molecule has 0 aliphatic rings. The fourth-order valence-electron chi connectivity index (χ4n) is 1.16. The Balaban J connectivity index is 2.08. The summed E-state index contributed by atoms with van der Waals surface area (Å²) in [5.41, 5.74) is 0. The molecule has 1 aromatic heterocycles. The summed E-state index contributed by atoms with van der Waals surface area (Å²) in [6.45, 7) is 0.500. The molecular formula is C11H7BrCl2OS. The molecule has 0 aliphatic carbocycles. The molecule has 1 heterocycles. The molecule has 84 valence electrons. The van der Waals surface area contributed by atoms with Gasteiger partial charge in [-0.25, -0.2) is 0 Å². The molecule has 2 aromatic rings. The largest absolute Gasteiger partial charge is 0.486 e. The number of thiophene rings is 1. The molecule has 0 aliphatic heterocycles. The van der Waals surface area contributed by atoms with Crippen LogP contribution >= 0.6 is 50.5 Å². The van der Waals surface area contributed by atoms with Gasteiger partial charge in [0.25, 0.3) is 0 Å². The van der Waals surface area contributed by atoms with E-state index in [0.29, 0.717) is 22.4 Å². The van der Waals surface area contributed by atoms with E-state index in [1.54, 1.807) is 29.5 Å². The molecule has 0 amide bonds. The summed E-state index contributed by atoms with van der Waals surface area (Å²) < 4.78 is 6.66. The van der Waals surface area contributed by atoms with Crippen LogP contribution in [0.15, 0.2) is 34.1 Å². The number of benzene rings is 1. The van der Waals surface area contributed by atoms with Gasteiger partial charge in [0, 0.05) is 9.50 Å². The highest BCUT2D eigenvalue weighted by Gasteiger charge is 2.05. The van der Waals surface area contributed by atoms with Crippen molar-refractivity contribution in [2.75, 3.05) is 0 Å². The zero-order valence-electron chi connectivity index (χ0n) is 8.04. The van der Waals surface area contributed by atoms with E-state index in [1.165, 1.54) is 0 Å². The van der Waals surface area contributed by atoms with Crippen LogP contribution in [-0.2, 0) is 6.61 Å². The predicted octanol–water partition coefficient (Wildman–Crippen LogP) is 5.40.